The molecule has 2 heterocycles. The van der Waals surface area contributed by atoms with Gasteiger partial charge in [-0.05, 0) is 43.9 Å². The van der Waals surface area contributed by atoms with Crippen molar-refractivity contribution in [3.05, 3.63) is 22.7 Å². The minimum absolute atomic E-state index is 0.0375. The predicted octanol–water partition coefficient (Wildman–Crippen LogP) is 1.76. The van der Waals surface area contributed by atoms with Crippen LogP contribution in [0.3, 0.4) is 0 Å². The van der Waals surface area contributed by atoms with Crippen LogP contribution < -0.4 is 15.4 Å². The third kappa shape index (κ3) is 3.57. The Hall–Kier alpha value is -1.60. The lowest BCUT2D eigenvalue weighted by Crippen LogP contribution is -2.50. The van der Waals surface area contributed by atoms with Crippen molar-refractivity contribution in [1.82, 2.24) is 4.90 Å². The van der Waals surface area contributed by atoms with Crippen molar-refractivity contribution in [2.24, 2.45) is 11.7 Å². The number of carbonyl (C=O) groups is 2. The van der Waals surface area contributed by atoms with Gasteiger partial charge in [0, 0.05) is 23.6 Å². The van der Waals surface area contributed by atoms with E-state index in [0.717, 1.165) is 23.9 Å². The average molecular weight is 396 g/mol. The molecule has 0 aliphatic carbocycles. The minimum Gasteiger partial charge on any atom is -0.482 e. The van der Waals surface area contributed by atoms with Gasteiger partial charge in [0.25, 0.3) is 5.91 Å². The second kappa shape index (κ2) is 7.11. The molecule has 7 heteroatoms. The molecule has 2 N–H and O–H groups in total. The number of fused-ring (bicyclic) bond motifs is 1. The smallest absolute Gasteiger partial charge is 0.265 e. The highest BCUT2D eigenvalue weighted by atomic mass is 79.9. The van der Waals surface area contributed by atoms with Crippen LogP contribution in [0.4, 0.5) is 5.69 Å². The second-order valence-corrected chi connectivity index (χ2v) is 7.40. The van der Waals surface area contributed by atoms with Gasteiger partial charge in [-0.3, -0.25) is 14.5 Å². The van der Waals surface area contributed by atoms with Crippen LogP contribution in [0.1, 0.15) is 19.8 Å². The fourth-order valence-corrected chi connectivity index (χ4v) is 3.59. The molecule has 130 valence electrons. The molecule has 2 aliphatic rings. The molecule has 0 bridgehead atoms. The molecule has 1 aromatic carbocycles. The monoisotopic (exact) mass is 395 g/mol. The van der Waals surface area contributed by atoms with Gasteiger partial charge in [0.05, 0.1) is 5.69 Å². The van der Waals surface area contributed by atoms with Crippen LogP contribution in [0.5, 0.6) is 5.75 Å². The Morgan fingerprint density at radius 1 is 1.50 bits per heavy atom. The molecule has 3 rings (SSSR count). The molecule has 1 aromatic rings. The number of anilines is 1. The Morgan fingerprint density at radius 3 is 3.04 bits per heavy atom. The molecular formula is C17H22BrN3O3. The van der Waals surface area contributed by atoms with E-state index in [0.29, 0.717) is 23.9 Å². The first-order valence-electron chi connectivity index (χ1n) is 8.22. The van der Waals surface area contributed by atoms with E-state index in [4.69, 9.17) is 10.5 Å². The number of nitrogens with zero attached hydrogens (tertiary/aromatic N) is 2. The summed E-state index contributed by atoms with van der Waals surface area (Å²) >= 11 is 3.39. The number of halogens is 1. The first-order valence-corrected chi connectivity index (χ1v) is 9.01. The number of carbonyl (C=O) groups excluding carboxylic acids is 2. The maximum atomic E-state index is 12.7. The van der Waals surface area contributed by atoms with Gasteiger partial charge in [-0.25, -0.2) is 0 Å². The van der Waals surface area contributed by atoms with Crippen LogP contribution in [0.25, 0.3) is 0 Å². The molecule has 2 unspecified atom stereocenters. The summed E-state index contributed by atoms with van der Waals surface area (Å²) in [5, 5.41) is 0. The van der Waals surface area contributed by atoms with Gasteiger partial charge in [-0.1, -0.05) is 15.9 Å². The van der Waals surface area contributed by atoms with E-state index >= 15 is 0 Å². The predicted molar refractivity (Wildman–Crippen MR) is 94.9 cm³/mol. The zero-order valence-corrected chi connectivity index (χ0v) is 15.3. The fraction of sp³-hybridized carbons (Fsp3) is 0.529. The van der Waals surface area contributed by atoms with E-state index in [1.165, 1.54) is 4.90 Å². The van der Waals surface area contributed by atoms with E-state index < -0.39 is 0 Å². The summed E-state index contributed by atoms with van der Waals surface area (Å²) in [4.78, 5) is 28.3. The van der Waals surface area contributed by atoms with Crippen LogP contribution >= 0.6 is 15.9 Å². The molecule has 0 spiro atoms. The van der Waals surface area contributed by atoms with E-state index in [1.54, 1.807) is 6.07 Å². The lowest BCUT2D eigenvalue weighted by molar-refractivity contribution is -0.133. The number of benzene rings is 1. The van der Waals surface area contributed by atoms with Gasteiger partial charge in [0.1, 0.15) is 12.3 Å². The summed E-state index contributed by atoms with van der Waals surface area (Å²) in [6, 6.07) is 5.52. The van der Waals surface area contributed by atoms with E-state index in [9.17, 15) is 9.59 Å². The molecule has 0 saturated carbocycles. The molecule has 2 aliphatic heterocycles. The number of amides is 2. The van der Waals surface area contributed by atoms with Crippen LogP contribution in [0.15, 0.2) is 22.7 Å². The first-order chi connectivity index (χ1) is 11.5. The maximum Gasteiger partial charge on any atom is 0.265 e. The lowest BCUT2D eigenvalue weighted by atomic mass is 9.92. The Bertz CT molecular complexity index is 650. The Balaban J connectivity index is 1.73. The SMILES string of the molecule is CC(N)C1CCCN(C(=O)CN2C(=O)COc3cc(Br)ccc32)C1. The van der Waals surface area contributed by atoms with Crippen molar-refractivity contribution in [2.45, 2.75) is 25.8 Å². The first kappa shape index (κ1) is 17.2. The number of likely N-dealkylation sites (tertiary alicyclic amines) is 1. The summed E-state index contributed by atoms with van der Waals surface area (Å²) in [6.45, 7) is 3.38. The number of hydrogen-bond donors (Lipinski definition) is 1. The molecule has 24 heavy (non-hydrogen) atoms. The minimum atomic E-state index is -0.195. The van der Waals surface area contributed by atoms with Gasteiger partial charge in [0.15, 0.2) is 6.61 Å². The number of piperidine rings is 1. The highest BCUT2D eigenvalue weighted by molar-refractivity contribution is 9.10. The summed E-state index contributed by atoms with van der Waals surface area (Å²) in [7, 11) is 0. The van der Waals surface area contributed by atoms with Crippen LogP contribution in [-0.4, -0.2) is 49.0 Å². The number of rotatable bonds is 3. The zero-order valence-electron chi connectivity index (χ0n) is 13.7. The third-order valence-electron chi connectivity index (χ3n) is 4.71. The summed E-state index contributed by atoms with van der Waals surface area (Å²) in [5.41, 5.74) is 6.63. The van der Waals surface area contributed by atoms with Crippen molar-refractivity contribution in [1.29, 1.82) is 0 Å². The summed E-state index contributed by atoms with van der Waals surface area (Å²) in [5.74, 6) is 0.707. The largest absolute Gasteiger partial charge is 0.482 e. The van der Waals surface area contributed by atoms with E-state index in [1.807, 2.05) is 24.0 Å². The van der Waals surface area contributed by atoms with Gasteiger partial charge >= 0.3 is 0 Å². The van der Waals surface area contributed by atoms with Crippen molar-refractivity contribution in [3.63, 3.8) is 0 Å². The lowest BCUT2D eigenvalue weighted by Gasteiger charge is -2.36. The van der Waals surface area contributed by atoms with Gasteiger partial charge in [-0.15, -0.1) is 0 Å². The third-order valence-corrected chi connectivity index (χ3v) is 5.21. The molecule has 1 fully saturated rings. The molecule has 0 radical (unpaired) electrons. The van der Waals surface area contributed by atoms with Crippen molar-refractivity contribution in [3.8, 4) is 5.75 Å². The van der Waals surface area contributed by atoms with Crippen LogP contribution in [-0.2, 0) is 9.59 Å². The maximum absolute atomic E-state index is 12.7. The molecule has 6 nitrogen and oxygen atoms in total. The van der Waals surface area contributed by atoms with Crippen molar-refractivity contribution in [2.75, 3.05) is 31.1 Å². The second-order valence-electron chi connectivity index (χ2n) is 6.48. The molecular weight excluding hydrogens is 374 g/mol. The van der Waals surface area contributed by atoms with Crippen molar-refractivity contribution < 1.29 is 14.3 Å². The molecule has 0 aromatic heterocycles. The van der Waals surface area contributed by atoms with Crippen LogP contribution in [0, 0.1) is 5.92 Å². The highest BCUT2D eigenvalue weighted by Gasteiger charge is 2.31. The molecule has 1 saturated heterocycles. The van der Waals surface area contributed by atoms with E-state index in [-0.39, 0.29) is 31.0 Å². The topological polar surface area (TPSA) is 75.9 Å². The van der Waals surface area contributed by atoms with Gasteiger partial charge < -0.3 is 15.4 Å². The summed E-state index contributed by atoms with van der Waals surface area (Å²) < 4.78 is 6.33. The number of nitrogens with two attached hydrogens (primary N) is 1. The molecule has 2 atom stereocenters. The quantitative estimate of drug-likeness (QED) is 0.845. The Kier molecular flexibility index (Phi) is 5.10. The van der Waals surface area contributed by atoms with Gasteiger partial charge in [0.2, 0.25) is 5.91 Å². The molecule has 2 amide bonds. The number of ether oxygens (including phenoxy) is 1. The highest BCUT2D eigenvalue weighted by Crippen LogP contribution is 2.34. The van der Waals surface area contributed by atoms with Crippen molar-refractivity contribution >= 4 is 33.4 Å². The van der Waals surface area contributed by atoms with E-state index in [2.05, 4.69) is 15.9 Å². The average Bonchev–Trinajstić information content (AvgIpc) is 2.57. The van der Waals surface area contributed by atoms with Crippen LogP contribution in [0.2, 0.25) is 0 Å². The van der Waals surface area contributed by atoms with Gasteiger partial charge in [-0.2, -0.15) is 0 Å². The normalized spacial score (nSPS) is 22.0. The Morgan fingerprint density at radius 2 is 2.29 bits per heavy atom. The number of hydrogen-bond acceptors (Lipinski definition) is 4. The zero-order chi connectivity index (χ0) is 17.3. The fourth-order valence-electron chi connectivity index (χ4n) is 3.25. The Labute approximate surface area is 150 Å². The standard InChI is InChI=1S/C17H22BrN3O3/c1-11(19)12-3-2-6-20(8-12)16(22)9-21-14-5-4-13(18)7-15(14)24-10-17(21)23/h4-5,7,11-12H,2-3,6,8-10,19H2,1H3. The summed E-state index contributed by atoms with van der Waals surface area (Å²) in [6.07, 6.45) is 2.01.